The maximum atomic E-state index is 12.0. The number of urea groups is 1. The van der Waals surface area contributed by atoms with Gasteiger partial charge in [-0.15, -0.1) is 10.2 Å². The van der Waals surface area contributed by atoms with Crippen LogP contribution in [-0.4, -0.2) is 41.8 Å². The van der Waals surface area contributed by atoms with Crippen LogP contribution in [0, 0.1) is 0 Å². The van der Waals surface area contributed by atoms with E-state index in [9.17, 15) is 9.59 Å². The first kappa shape index (κ1) is 17.0. The van der Waals surface area contributed by atoms with Gasteiger partial charge < -0.3 is 26.0 Å². The van der Waals surface area contributed by atoms with Crippen molar-refractivity contribution in [3.63, 3.8) is 0 Å². The van der Waals surface area contributed by atoms with Crippen molar-refractivity contribution >= 4 is 39.8 Å². The molecule has 0 aliphatic carbocycles. The van der Waals surface area contributed by atoms with Gasteiger partial charge in [0.15, 0.2) is 6.10 Å². The van der Waals surface area contributed by atoms with E-state index < -0.39 is 6.10 Å². The molecule has 3 rings (SSSR count). The summed E-state index contributed by atoms with van der Waals surface area (Å²) >= 11 is 1.29. The number of amides is 3. The molecule has 0 fully saturated rings. The summed E-state index contributed by atoms with van der Waals surface area (Å²) in [5.74, 6) is 0.444. The Hall–Kier alpha value is -2.88. The number of nitrogen functional groups attached to an aromatic ring is 1. The van der Waals surface area contributed by atoms with E-state index in [0.717, 1.165) is 5.01 Å². The first-order chi connectivity index (χ1) is 11.9. The zero-order valence-corrected chi connectivity index (χ0v) is 14.6. The Morgan fingerprint density at radius 2 is 2.24 bits per heavy atom. The largest absolute Gasteiger partial charge is 0.479 e. The van der Waals surface area contributed by atoms with E-state index in [1.165, 1.54) is 11.3 Å². The zero-order chi connectivity index (χ0) is 18.0. The summed E-state index contributed by atoms with van der Waals surface area (Å²) in [5.41, 5.74) is 6.75. The second-order valence-corrected chi connectivity index (χ2v) is 6.60. The molecule has 1 aromatic heterocycles. The van der Waals surface area contributed by atoms with Crippen molar-refractivity contribution in [2.24, 2.45) is 0 Å². The van der Waals surface area contributed by atoms with E-state index >= 15 is 0 Å². The summed E-state index contributed by atoms with van der Waals surface area (Å²) < 4.78 is 5.59. The first-order valence-electron chi connectivity index (χ1n) is 7.65. The molecule has 25 heavy (non-hydrogen) atoms. The Balaban J connectivity index is 1.57. The molecule has 2 aromatic rings. The molecule has 0 saturated heterocycles. The van der Waals surface area contributed by atoms with Gasteiger partial charge in [0.05, 0.1) is 5.69 Å². The van der Waals surface area contributed by atoms with Crippen LogP contribution in [0.25, 0.3) is 0 Å². The lowest BCUT2D eigenvalue weighted by molar-refractivity contribution is -0.125. The smallest absolute Gasteiger partial charge is 0.319 e. The number of aromatic nitrogens is 2. The molecule has 10 heteroatoms. The van der Waals surface area contributed by atoms with Crippen molar-refractivity contribution in [1.29, 1.82) is 0 Å². The third-order valence-electron chi connectivity index (χ3n) is 3.67. The van der Waals surface area contributed by atoms with E-state index in [1.54, 1.807) is 37.1 Å². The molecule has 0 bridgehead atoms. The van der Waals surface area contributed by atoms with Crippen molar-refractivity contribution in [2.75, 3.05) is 29.5 Å². The SMILES string of the molecule is C[C@@H]1Oc2cc(NC(=O)NCCc3nnc(N)s3)ccc2N(C)C1=O. The number of fused-ring (bicyclic) bond motifs is 1. The maximum absolute atomic E-state index is 12.0. The second kappa shape index (κ2) is 6.93. The number of anilines is 3. The molecule has 1 aromatic carbocycles. The van der Waals surface area contributed by atoms with Gasteiger partial charge in [-0.1, -0.05) is 11.3 Å². The van der Waals surface area contributed by atoms with E-state index in [2.05, 4.69) is 20.8 Å². The fourth-order valence-corrected chi connectivity index (χ4v) is 3.03. The van der Waals surface area contributed by atoms with Crippen LogP contribution in [0.2, 0.25) is 0 Å². The minimum absolute atomic E-state index is 0.108. The average molecular weight is 362 g/mol. The quantitative estimate of drug-likeness (QED) is 0.752. The van der Waals surface area contributed by atoms with E-state index in [1.807, 2.05) is 0 Å². The second-order valence-electron chi connectivity index (χ2n) is 5.50. The molecule has 1 aliphatic heterocycles. The number of carbonyl (C=O) groups excluding carboxylic acids is 2. The van der Waals surface area contributed by atoms with Gasteiger partial charge in [-0.05, 0) is 19.1 Å². The molecule has 2 heterocycles. The number of likely N-dealkylation sites (N-methyl/N-ethyl adjacent to an activating group) is 1. The summed E-state index contributed by atoms with van der Waals surface area (Å²) in [6.45, 7) is 2.10. The van der Waals surface area contributed by atoms with Gasteiger partial charge in [-0.2, -0.15) is 0 Å². The molecule has 1 atom stereocenters. The third kappa shape index (κ3) is 3.79. The molecule has 0 saturated carbocycles. The predicted molar refractivity (Wildman–Crippen MR) is 95.0 cm³/mol. The van der Waals surface area contributed by atoms with Crippen LogP contribution in [0.4, 0.5) is 21.3 Å². The number of nitrogens with two attached hydrogens (primary N) is 1. The number of benzene rings is 1. The minimum atomic E-state index is -0.555. The van der Waals surface area contributed by atoms with E-state index in [0.29, 0.717) is 35.2 Å². The lowest BCUT2D eigenvalue weighted by Crippen LogP contribution is -2.42. The fourth-order valence-electron chi connectivity index (χ4n) is 2.42. The molecule has 4 N–H and O–H groups in total. The average Bonchev–Trinajstić information content (AvgIpc) is 2.98. The maximum Gasteiger partial charge on any atom is 0.319 e. The molecule has 3 amide bonds. The van der Waals surface area contributed by atoms with Crippen molar-refractivity contribution in [3.05, 3.63) is 23.2 Å². The Kier molecular flexibility index (Phi) is 4.70. The highest BCUT2D eigenvalue weighted by atomic mass is 32.1. The van der Waals surface area contributed by atoms with Crippen LogP contribution in [0.15, 0.2) is 18.2 Å². The van der Waals surface area contributed by atoms with Crippen molar-refractivity contribution in [1.82, 2.24) is 15.5 Å². The molecular formula is C15H18N6O3S. The third-order valence-corrected chi connectivity index (χ3v) is 4.48. The summed E-state index contributed by atoms with van der Waals surface area (Å²) in [4.78, 5) is 25.4. The van der Waals surface area contributed by atoms with Crippen molar-refractivity contribution in [2.45, 2.75) is 19.4 Å². The zero-order valence-electron chi connectivity index (χ0n) is 13.8. The number of ether oxygens (including phenoxy) is 1. The Morgan fingerprint density at radius 3 is 2.96 bits per heavy atom. The van der Waals surface area contributed by atoms with Crippen molar-refractivity contribution in [3.8, 4) is 5.75 Å². The topological polar surface area (TPSA) is 122 Å². The number of nitrogens with one attached hydrogen (secondary N) is 2. The minimum Gasteiger partial charge on any atom is -0.479 e. The van der Waals surface area contributed by atoms with Crippen LogP contribution >= 0.6 is 11.3 Å². The van der Waals surface area contributed by atoms with Crippen LogP contribution in [-0.2, 0) is 11.2 Å². The Labute approximate surface area is 148 Å². The number of nitrogens with zero attached hydrogens (tertiary/aromatic N) is 3. The van der Waals surface area contributed by atoms with Crippen LogP contribution < -0.4 is 26.0 Å². The highest BCUT2D eigenvalue weighted by Crippen LogP contribution is 2.35. The monoisotopic (exact) mass is 362 g/mol. The van der Waals surface area contributed by atoms with Crippen LogP contribution in [0.1, 0.15) is 11.9 Å². The molecule has 0 radical (unpaired) electrons. The van der Waals surface area contributed by atoms with Gasteiger partial charge in [0.1, 0.15) is 10.8 Å². The molecule has 1 aliphatic rings. The number of hydrogen-bond acceptors (Lipinski definition) is 7. The predicted octanol–water partition coefficient (Wildman–Crippen LogP) is 1.23. The highest BCUT2D eigenvalue weighted by Gasteiger charge is 2.28. The van der Waals surface area contributed by atoms with Crippen LogP contribution in [0.3, 0.4) is 0 Å². The summed E-state index contributed by atoms with van der Waals surface area (Å²) in [5, 5.41) is 14.2. The van der Waals surface area contributed by atoms with Gasteiger partial charge in [-0.3, -0.25) is 4.79 Å². The highest BCUT2D eigenvalue weighted by molar-refractivity contribution is 7.15. The molecule has 0 unspecified atom stereocenters. The summed E-state index contributed by atoms with van der Waals surface area (Å²) in [6.07, 6.45) is 0.000857. The molecular weight excluding hydrogens is 344 g/mol. The van der Waals surface area contributed by atoms with Crippen LogP contribution in [0.5, 0.6) is 5.75 Å². The lowest BCUT2D eigenvalue weighted by Gasteiger charge is -2.30. The molecule has 0 spiro atoms. The van der Waals surface area contributed by atoms with E-state index in [4.69, 9.17) is 10.5 Å². The Morgan fingerprint density at radius 1 is 1.44 bits per heavy atom. The number of rotatable bonds is 4. The fraction of sp³-hybridized carbons (Fsp3) is 0.333. The number of carbonyl (C=O) groups is 2. The lowest BCUT2D eigenvalue weighted by atomic mass is 10.2. The standard InChI is InChI=1S/C15H18N6O3S/c1-8-13(22)21(2)10-4-3-9(7-11(10)24-8)18-15(23)17-6-5-12-19-20-14(16)25-12/h3-4,7-8H,5-6H2,1-2H3,(H2,16,20)(H2,17,18,23)/t8-/m0/s1. The van der Waals surface area contributed by atoms with Gasteiger partial charge in [0, 0.05) is 31.8 Å². The van der Waals surface area contributed by atoms with Crippen molar-refractivity contribution < 1.29 is 14.3 Å². The summed E-state index contributed by atoms with van der Waals surface area (Å²) in [7, 11) is 1.69. The molecule has 9 nitrogen and oxygen atoms in total. The van der Waals surface area contributed by atoms with Gasteiger partial charge in [0.2, 0.25) is 5.13 Å². The molecule has 132 valence electrons. The van der Waals surface area contributed by atoms with Gasteiger partial charge >= 0.3 is 6.03 Å². The normalized spacial score (nSPS) is 16.2. The van der Waals surface area contributed by atoms with Gasteiger partial charge in [0.25, 0.3) is 5.91 Å². The summed E-state index contributed by atoms with van der Waals surface area (Å²) in [6, 6.07) is 4.80. The van der Waals surface area contributed by atoms with Gasteiger partial charge in [-0.25, -0.2) is 4.79 Å². The van der Waals surface area contributed by atoms with E-state index in [-0.39, 0.29) is 11.9 Å². The Bertz CT molecular complexity index is 808. The first-order valence-corrected chi connectivity index (χ1v) is 8.46. The number of hydrogen-bond donors (Lipinski definition) is 3.